The molecular weight excluding hydrogens is 308 g/mol. The highest BCUT2D eigenvalue weighted by atomic mass is 16.5. The van der Waals surface area contributed by atoms with Gasteiger partial charge in [-0.15, -0.1) is 0 Å². The van der Waals surface area contributed by atoms with Crippen LogP contribution in [-0.2, 0) is 16.0 Å². The van der Waals surface area contributed by atoms with Crippen LogP contribution in [0.25, 0.3) is 11.0 Å². The van der Waals surface area contributed by atoms with Crippen molar-refractivity contribution in [3.63, 3.8) is 0 Å². The average Bonchev–Trinajstić information content (AvgIpc) is 2.98. The minimum atomic E-state index is -0.472. The largest absolute Gasteiger partial charge is 0.462 e. The summed E-state index contributed by atoms with van der Waals surface area (Å²) in [6, 6.07) is 14.1. The molecule has 122 valence electrons. The molecule has 1 amide bonds. The van der Waals surface area contributed by atoms with Crippen LogP contribution in [0.3, 0.4) is 0 Å². The molecule has 0 unspecified atom stereocenters. The van der Waals surface area contributed by atoms with Gasteiger partial charge in [-0.25, -0.2) is 4.79 Å². The summed E-state index contributed by atoms with van der Waals surface area (Å²) in [4.78, 5) is 24.2. The molecule has 0 spiro atoms. The fraction of sp³-hybridized carbons (Fsp3) is 0.167. The van der Waals surface area contributed by atoms with E-state index >= 15 is 0 Å². The highest BCUT2D eigenvalue weighted by Crippen LogP contribution is 2.20. The zero-order valence-electron chi connectivity index (χ0n) is 13.1. The van der Waals surface area contributed by atoms with Crippen LogP contribution in [0.15, 0.2) is 53.1 Å². The van der Waals surface area contributed by atoms with Crippen molar-refractivity contribution in [1.29, 1.82) is 0 Å². The Hall–Kier alpha value is -3.15. The summed E-state index contributed by atoms with van der Waals surface area (Å²) in [6.07, 6.45) is 0.0498. The number of para-hydroxylation sites is 2. The average molecular weight is 324 g/mol. The third-order valence-electron chi connectivity index (χ3n) is 3.48. The Morgan fingerprint density at radius 1 is 1.12 bits per heavy atom. The molecule has 0 atom stereocenters. The van der Waals surface area contributed by atoms with Crippen LogP contribution in [0, 0.1) is 0 Å². The number of carbonyl (C=O) groups excluding carboxylic acids is 2. The SMILES string of the molecule is CCOC(=O)c1ccccc1NC(=O)Cc1noc2ccccc12. The van der Waals surface area contributed by atoms with E-state index in [2.05, 4.69) is 10.5 Å². The number of hydrogen-bond donors (Lipinski definition) is 1. The maximum absolute atomic E-state index is 12.3. The molecule has 0 aliphatic heterocycles. The number of benzene rings is 2. The van der Waals surface area contributed by atoms with E-state index in [-0.39, 0.29) is 18.9 Å². The van der Waals surface area contributed by atoms with Crippen LogP contribution in [0.2, 0.25) is 0 Å². The summed E-state index contributed by atoms with van der Waals surface area (Å²) in [7, 11) is 0. The summed E-state index contributed by atoms with van der Waals surface area (Å²) in [6.45, 7) is 2.00. The zero-order valence-corrected chi connectivity index (χ0v) is 13.1. The van der Waals surface area contributed by atoms with Crippen molar-refractivity contribution in [2.75, 3.05) is 11.9 Å². The molecule has 24 heavy (non-hydrogen) atoms. The van der Waals surface area contributed by atoms with Gasteiger partial charge in [-0.1, -0.05) is 29.4 Å². The Kier molecular flexibility index (Phi) is 4.56. The van der Waals surface area contributed by atoms with Gasteiger partial charge in [0.2, 0.25) is 5.91 Å². The van der Waals surface area contributed by atoms with Gasteiger partial charge < -0.3 is 14.6 Å². The van der Waals surface area contributed by atoms with E-state index in [1.54, 1.807) is 37.3 Å². The lowest BCUT2D eigenvalue weighted by molar-refractivity contribution is -0.115. The number of hydrogen-bond acceptors (Lipinski definition) is 5. The minimum Gasteiger partial charge on any atom is -0.462 e. The Labute approximate surface area is 138 Å². The molecule has 2 aromatic carbocycles. The quantitative estimate of drug-likeness (QED) is 0.729. The van der Waals surface area contributed by atoms with Crippen LogP contribution in [0.1, 0.15) is 23.0 Å². The van der Waals surface area contributed by atoms with Crippen molar-refractivity contribution in [3.05, 3.63) is 59.8 Å². The van der Waals surface area contributed by atoms with Crippen molar-refractivity contribution >= 4 is 28.5 Å². The first-order valence-corrected chi connectivity index (χ1v) is 7.58. The van der Waals surface area contributed by atoms with Crippen molar-refractivity contribution in [2.24, 2.45) is 0 Å². The van der Waals surface area contributed by atoms with Gasteiger partial charge in [-0.2, -0.15) is 0 Å². The summed E-state index contributed by atoms with van der Waals surface area (Å²) in [5.74, 6) is -0.758. The van der Waals surface area contributed by atoms with Crippen molar-refractivity contribution < 1.29 is 18.8 Å². The molecule has 0 radical (unpaired) electrons. The van der Waals surface area contributed by atoms with Gasteiger partial charge in [0, 0.05) is 5.39 Å². The van der Waals surface area contributed by atoms with Gasteiger partial charge >= 0.3 is 5.97 Å². The molecule has 1 N–H and O–H groups in total. The van der Waals surface area contributed by atoms with E-state index in [1.807, 2.05) is 18.2 Å². The Balaban J connectivity index is 1.77. The van der Waals surface area contributed by atoms with Gasteiger partial charge in [0.15, 0.2) is 5.58 Å². The number of amides is 1. The number of anilines is 1. The fourth-order valence-corrected chi connectivity index (χ4v) is 2.39. The molecule has 1 heterocycles. The van der Waals surface area contributed by atoms with Crippen LogP contribution in [0.5, 0.6) is 0 Å². The molecule has 6 heteroatoms. The molecular formula is C18H16N2O4. The summed E-state index contributed by atoms with van der Waals surface area (Å²) in [5, 5.41) is 7.47. The van der Waals surface area contributed by atoms with E-state index in [9.17, 15) is 9.59 Å². The van der Waals surface area contributed by atoms with E-state index in [4.69, 9.17) is 9.26 Å². The van der Waals surface area contributed by atoms with Gasteiger partial charge in [0.25, 0.3) is 0 Å². The van der Waals surface area contributed by atoms with Crippen LogP contribution in [0.4, 0.5) is 5.69 Å². The first kappa shape index (κ1) is 15.7. The van der Waals surface area contributed by atoms with Crippen LogP contribution in [-0.4, -0.2) is 23.6 Å². The first-order chi connectivity index (χ1) is 11.7. The van der Waals surface area contributed by atoms with Crippen molar-refractivity contribution in [3.8, 4) is 0 Å². The lowest BCUT2D eigenvalue weighted by atomic mass is 10.1. The predicted molar refractivity (Wildman–Crippen MR) is 88.7 cm³/mol. The summed E-state index contributed by atoms with van der Waals surface area (Å²) >= 11 is 0. The smallest absolute Gasteiger partial charge is 0.340 e. The van der Waals surface area contributed by atoms with Gasteiger partial charge in [0.05, 0.1) is 24.3 Å². The number of carbonyl (C=O) groups is 2. The second kappa shape index (κ2) is 6.95. The van der Waals surface area contributed by atoms with Crippen LogP contribution < -0.4 is 5.32 Å². The molecule has 3 aromatic rings. The number of ether oxygens (including phenoxy) is 1. The third kappa shape index (κ3) is 3.27. The maximum atomic E-state index is 12.3. The van der Waals surface area contributed by atoms with E-state index in [0.717, 1.165) is 5.39 Å². The molecule has 6 nitrogen and oxygen atoms in total. The minimum absolute atomic E-state index is 0.0498. The number of nitrogens with zero attached hydrogens (tertiary/aromatic N) is 1. The number of esters is 1. The lowest BCUT2D eigenvalue weighted by Gasteiger charge is -2.09. The molecule has 0 saturated carbocycles. The van der Waals surface area contributed by atoms with E-state index in [0.29, 0.717) is 22.5 Å². The normalized spacial score (nSPS) is 10.5. The molecule has 0 bridgehead atoms. The first-order valence-electron chi connectivity index (χ1n) is 7.58. The van der Waals surface area contributed by atoms with Gasteiger partial charge in [-0.3, -0.25) is 4.79 Å². The molecule has 1 aromatic heterocycles. The lowest BCUT2D eigenvalue weighted by Crippen LogP contribution is -2.17. The fourth-order valence-electron chi connectivity index (χ4n) is 2.39. The Morgan fingerprint density at radius 3 is 2.71 bits per heavy atom. The molecule has 0 aliphatic rings. The standard InChI is InChI=1S/C18H16N2O4/c1-2-23-18(22)13-8-3-5-9-14(13)19-17(21)11-15-12-7-4-6-10-16(12)24-20-15/h3-10H,2,11H2,1H3,(H,19,21). The summed E-state index contributed by atoms with van der Waals surface area (Å²) in [5.41, 5.74) is 1.91. The van der Waals surface area contributed by atoms with Crippen LogP contribution >= 0.6 is 0 Å². The molecule has 3 rings (SSSR count). The number of fused-ring (bicyclic) bond motifs is 1. The Morgan fingerprint density at radius 2 is 1.88 bits per heavy atom. The highest BCUT2D eigenvalue weighted by molar-refractivity contribution is 6.02. The van der Waals surface area contributed by atoms with Crippen molar-refractivity contribution in [1.82, 2.24) is 5.16 Å². The molecule has 0 saturated heterocycles. The van der Waals surface area contributed by atoms with E-state index in [1.165, 1.54) is 0 Å². The maximum Gasteiger partial charge on any atom is 0.340 e. The third-order valence-corrected chi connectivity index (χ3v) is 3.48. The summed E-state index contributed by atoms with van der Waals surface area (Å²) < 4.78 is 10.2. The second-order valence-electron chi connectivity index (χ2n) is 5.12. The molecule has 0 aliphatic carbocycles. The second-order valence-corrected chi connectivity index (χ2v) is 5.12. The number of aromatic nitrogens is 1. The predicted octanol–water partition coefficient (Wildman–Crippen LogP) is 3.19. The van der Waals surface area contributed by atoms with E-state index < -0.39 is 5.97 Å². The number of rotatable bonds is 5. The topological polar surface area (TPSA) is 81.4 Å². The van der Waals surface area contributed by atoms with Gasteiger partial charge in [-0.05, 0) is 31.2 Å². The monoisotopic (exact) mass is 324 g/mol. The number of nitrogens with one attached hydrogen (secondary N) is 1. The Bertz CT molecular complexity index is 885. The van der Waals surface area contributed by atoms with Gasteiger partial charge in [0.1, 0.15) is 5.69 Å². The van der Waals surface area contributed by atoms with Crippen molar-refractivity contribution in [2.45, 2.75) is 13.3 Å². The zero-order chi connectivity index (χ0) is 16.9. The molecule has 0 fully saturated rings. The highest BCUT2D eigenvalue weighted by Gasteiger charge is 2.16.